The zero-order chi connectivity index (χ0) is 17.6. The molecule has 0 radical (unpaired) electrons. The largest absolute Gasteiger partial charge is 0.393 e. The Balaban J connectivity index is 1.33. The normalized spacial score (nSPS) is 22.9. The second-order valence-electron chi connectivity index (χ2n) is 7.39. The van der Waals surface area contributed by atoms with Crippen LogP contribution in [0.2, 0.25) is 0 Å². The van der Waals surface area contributed by atoms with Crippen LogP contribution in [-0.2, 0) is 0 Å². The van der Waals surface area contributed by atoms with Crippen molar-refractivity contribution in [3.63, 3.8) is 0 Å². The van der Waals surface area contributed by atoms with E-state index in [4.69, 9.17) is 0 Å². The van der Waals surface area contributed by atoms with Crippen LogP contribution in [0.4, 0.5) is 10.5 Å². The summed E-state index contributed by atoms with van der Waals surface area (Å²) in [4.78, 5) is 20.5. The van der Waals surface area contributed by atoms with Crippen LogP contribution in [0.25, 0.3) is 0 Å². The lowest BCUT2D eigenvalue weighted by Gasteiger charge is -2.33. The highest BCUT2D eigenvalue weighted by Crippen LogP contribution is 2.24. The van der Waals surface area contributed by atoms with E-state index in [1.165, 1.54) is 18.5 Å². The lowest BCUT2D eigenvalue weighted by atomic mass is 9.93. The molecule has 1 aromatic rings. The molecule has 3 rings (SSSR count). The number of carbonyl (C=O) groups is 1. The number of carbonyl (C=O) groups excluding carboxylic acids is 1. The average Bonchev–Trinajstić information content (AvgIpc) is 3.14. The molecule has 0 spiro atoms. The van der Waals surface area contributed by atoms with Crippen LogP contribution in [0, 0.1) is 11.8 Å². The Morgan fingerprint density at radius 2 is 2.00 bits per heavy atom. The van der Waals surface area contributed by atoms with E-state index in [1.807, 2.05) is 24.2 Å². The first-order valence-electron chi connectivity index (χ1n) is 9.49. The third kappa shape index (κ3) is 4.84. The van der Waals surface area contributed by atoms with Gasteiger partial charge in [0.05, 0.1) is 6.10 Å². The second-order valence-corrected chi connectivity index (χ2v) is 7.39. The third-order valence-corrected chi connectivity index (χ3v) is 5.67. The van der Waals surface area contributed by atoms with E-state index in [0.29, 0.717) is 12.5 Å². The minimum absolute atomic E-state index is 0.0253. The van der Waals surface area contributed by atoms with Crippen molar-refractivity contribution in [1.29, 1.82) is 0 Å². The zero-order valence-electron chi connectivity index (χ0n) is 15.1. The molecule has 1 aromatic heterocycles. The highest BCUT2D eigenvalue weighted by molar-refractivity contribution is 5.74. The first-order valence-corrected chi connectivity index (χ1v) is 9.49. The maximum absolute atomic E-state index is 12.2. The summed E-state index contributed by atoms with van der Waals surface area (Å²) in [6.45, 7) is 6.13. The molecule has 6 heteroatoms. The van der Waals surface area contributed by atoms with Gasteiger partial charge in [0.2, 0.25) is 0 Å². The monoisotopic (exact) mass is 346 g/mol. The number of anilines is 1. The lowest BCUT2D eigenvalue weighted by Crippen LogP contribution is -2.40. The maximum atomic E-state index is 12.2. The summed E-state index contributed by atoms with van der Waals surface area (Å²) in [5.41, 5.74) is 1.25. The molecule has 2 aliphatic rings. The first kappa shape index (κ1) is 18.0. The number of aromatic nitrogens is 1. The highest BCUT2D eigenvalue weighted by Gasteiger charge is 2.29. The number of aliphatic hydroxyl groups is 1. The van der Waals surface area contributed by atoms with Crippen LogP contribution in [0.1, 0.15) is 32.6 Å². The zero-order valence-corrected chi connectivity index (χ0v) is 15.1. The van der Waals surface area contributed by atoms with Crippen molar-refractivity contribution in [2.24, 2.45) is 11.8 Å². The molecular formula is C19H30N4O2. The third-order valence-electron chi connectivity index (χ3n) is 5.67. The fourth-order valence-corrected chi connectivity index (χ4v) is 3.90. The van der Waals surface area contributed by atoms with Gasteiger partial charge in [-0.25, -0.2) is 4.79 Å². The molecule has 0 aromatic carbocycles. The summed E-state index contributed by atoms with van der Waals surface area (Å²) in [5.74, 6) is 0.908. The predicted octanol–water partition coefficient (Wildman–Crippen LogP) is 2.10. The van der Waals surface area contributed by atoms with Crippen molar-refractivity contribution in [2.75, 3.05) is 37.6 Å². The van der Waals surface area contributed by atoms with Crippen LogP contribution in [0.15, 0.2) is 24.5 Å². The number of aliphatic hydroxyl groups excluding tert-OH is 1. The number of piperidine rings is 1. The Labute approximate surface area is 150 Å². The van der Waals surface area contributed by atoms with Gasteiger partial charge >= 0.3 is 6.03 Å². The van der Waals surface area contributed by atoms with Crippen molar-refractivity contribution >= 4 is 11.7 Å². The van der Waals surface area contributed by atoms with Gasteiger partial charge in [-0.15, -0.1) is 0 Å². The molecule has 0 unspecified atom stereocenters. The van der Waals surface area contributed by atoms with Gasteiger partial charge < -0.3 is 20.2 Å². The topological polar surface area (TPSA) is 68.7 Å². The summed E-state index contributed by atoms with van der Waals surface area (Å²) in [6, 6.07) is 4.16. The van der Waals surface area contributed by atoms with Gasteiger partial charge in [0.25, 0.3) is 0 Å². The van der Waals surface area contributed by atoms with E-state index in [1.54, 1.807) is 0 Å². The first-order chi connectivity index (χ1) is 12.1. The molecule has 0 saturated carbocycles. The van der Waals surface area contributed by atoms with E-state index in [2.05, 4.69) is 27.3 Å². The van der Waals surface area contributed by atoms with Gasteiger partial charge in [-0.3, -0.25) is 4.98 Å². The molecule has 2 N–H and O–H groups in total. The van der Waals surface area contributed by atoms with E-state index < -0.39 is 0 Å². The Hall–Kier alpha value is -1.82. The van der Waals surface area contributed by atoms with Crippen LogP contribution < -0.4 is 10.2 Å². The molecule has 2 saturated heterocycles. The molecule has 0 aliphatic carbocycles. The smallest absolute Gasteiger partial charge is 0.317 e. The Morgan fingerprint density at radius 3 is 2.64 bits per heavy atom. The minimum Gasteiger partial charge on any atom is -0.393 e. The number of rotatable bonds is 5. The van der Waals surface area contributed by atoms with Gasteiger partial charge in [0.15, 0.2) is 0 Å². The van der Waals surface area contributed by atoms with E-state index in [0.717, 1.165) is 39.0 Å². The number of nitrogens with zero attached hydrogens (tertiary/aromatic N) is 3. The van der Waals surface area contributed by atoms with E-state index in [-0.39, 0.29) is 18.1 Å². The van der Waals surface area contributed by atoms with E-state index >= 15 is 0 Å². The summed E-state index contributed by atoms with van der Waals surface area (Å²) in [7, 11) is 0. The van der Waals surface area contributed by atoms with Gasteiger partial charge in [-0.1, -0.05) is 0 Å². The Morgan fingerprint density at radius 1 is 1.28 bits per heavy atom. The number of hydrogen-bond donors (Lipinski definition) is 2. The number of pyridine rings is 1. The van der Waals surface area contributed by atoms with Crippen molar-refractivity contribution in [3.05, 3.63) is 24.5 Å². The predicted molar refractivity (Wildman–Crippen MR) is 98.6 cm³/mol. The van der Waals surface area contributed by atoms with Crippen molar-refractivity contribution in [2.45, 2.75) is 38.7 Å². The number of hydrogen-bond acceptors (Lipinski definition) is 4. The molecule has 25 heavy (non-hydrogen) atoms. The second kappa shape index (κ2) is 8.52. The fourth-order valence-electron chi connectivity index (χ4n) is 3.90. The van der Waals surface area contributed by atoms with Gasteiger partial charge in [0.1, 0.15) is 0 Å². The molecule has 2 fully saturated rings. The SMILES string of the molecule is C[C@H](O)[C@@H]1CCN(C(=O)NCCC2CCN(c3ccncc3)CC2)C1. The molecule has 138 valence electrons. The molecule has 6 nitrogen and oxygen atoms in total. The van der Waals surface area contributed by atoms with Gasteiger partial charge in [0, 0.05) is 56.7 Å². The Kier molecular flexibility index (Phi) is 6.13. The molecule has 2 atom stereocenters. The van der Waals surface area contributed by atoms with Crippen LogP contribution in [0.3, 0.4) is 0 Å². The van der Waals surface area contributed by atoms with Crippen molar-refractivity contribution < 1.29 is 9.90 Å². The number of urea groups is 1. The molecular weight excluding hydrogens is 316 g/mol. The van der Waals surface area contributed by atoms with Gasteiger partial charge in [-0.2, -0.15) is 0 Å². The summed E-state index contributed by atoms with van der Waals surface area (Å²) >= 11 is 0. The number of nitrogens with one attached hydrogen (secondary N) is 1. The standard InChI is InChI=1S/C19H30N4O2/c1-15(24)17-7-13-23(14-17)19(25)21-10-2-16-5-11-22(12-6-16)18-3-8-20-9-4-18/h3-4,8-9,15-17,24H,2,5-7,10-14H2,1H3,(H,21,25)/t15-,17+/m0/s1. The van der Waals surface area contributed by atoms with Crippen LogP contribution >= 0.6 is 0 Å². The molecule has 2 aliphatic heterocycles. The number of amides is 2. The van der Waals surface area contributed by atoms with Crippen LogP contribution in [-0.4, -0.2) is 59.8 Å². The quantitative estimate of drug-likeness (QED) is 0.857. The summed E-state index contributed by atoms with van der Waals surface area (Å²) in [5, 5.41) is 12.7. The fraction of sp³-hybridized carbons (Fsp3) is 0.684. The van der Waals surface area contributed by atoms with E-state index in [9.17, 15) is 9.90 Å². The van der Waals surface area contributed by atoms with Gasteiger partial charge in [-0.05, 0) is 50.7 Å². The lowest BCUT2D eigenvalue weighted by molar-refractivity contribution is 0.129. The average molecular weight is 346 g/mol. The number of likely N-dealkylation sites (tertiary alicyclic amines) is 1. The molecule has 0 bridgehead atoms. The van der Waals surface area contributed by atoms with Crippen LogP contribution in [0.5, 0.6) is 0 Å². The summed E-state index contributed by atoms with van der Waals surface area (Å²) in [6.07, 6.45) is 7.65. The highest BCUT2D eigenvalue weighted by atomic mass is 16.3. The van der Waals surface area contributed by atoms with Crippen molar-refractivity contribution in [1.82, 2.24) is 15.2 Å². The van der Waals surface area contributed by atoms with Crippen molar-refractivity contribution in [3.8, 4) is 0 Å². The summed E-state index contributed by atoms with van der Waals surface area (Å²) < 4.78 is 0. The minimum atomic E-state index is -0.330. The molecule has 2 amide bonds. The maximum Gasteiger partial charge on any atom is 0.317 e. The Bertz CT molecular complexity index is 544. The molecule has 3 heterocycles.